The molecule has 3 aliphatic rings. The molecular formula is C31H42N2O5. The molecule has 4 unspecified atom stereocenters. The summed E-state index contributed by atoms with van der Waals surface area (Å²) in [4.78, 5) is 21.9. The second-order valence-corrected chi connectivity index (χ2v) is 11.0. The van der Waals surface area contributed by atoms with Crippen LogP contribution in [0, 0.1) is 11.8 Å². The van der Waals surface area contributed by atoms with Gasteiger partial charge in [-0.3, -0.25) is 4.79 Å². The lowest BCUT2D eigenvalue weighted by atomic mass is 9.68. The van der Waals surface area contributed by atoms with Gasteiger partial charge in [-0.25, -0.2) is 4.79 Å². The maximum atomic E-state index is 11.7. The molecule has 1 saturated heterocycles. The number of aromatic carboxylic acids is 1. The fourth-order valence-electron chi connectivity index (χ4n) is 6.54. The SMILES string of the molecule is CCc1cc2c(cc1CC)CC(NC[C@H](O)C1CCC(O)C3NC(=O)CCC31)C2.O=C(O)c1ccccc1. The standard InChI is InChI=1S/C24H36N2O3.C7H6O2/c1-3-14-9-16-11-18(12-17(16)10-15(14)4-2)25-13-22(28)19-5-7-21(27)24-20(19)6-8-23(29)26-24;8-7(9)6-4-2-1-3-5-6/h9-10,18-22,24-25,27-28H,3-8,11-13H2,1-2H3,(H,26,29);1-5H,(H,8,9)/t19?,20?,21?,22-,24?;/m0./s1. The Morgan fingerprint density at radius 1 is 1.03 bits per heavy atom. The number of benzene rings is 2. The summed E-state index contributed by atoms with van der Waals surface area (Å²) < 4.78 is 0. The molecule has 206 valence electrons. The molecule has 1 heterocycles. The largest absolute Gasteiger partial charge is 0.478 e. The fraction of sp³-hybridized carbons (Fsp3) is 0.548. The van der Waals surface area contributed by atoms with Gasteiger partial charge in [-0.05, 0) is 91.2 Å². The van der Waals surface area contributed by atoms with Crippen LogP contribution in [0.1, 0.15) is 72.1 Å². The number of fused-ring (bicyclic) bond motifs is 2. The van der Waals surface area contributed by atoms with Crippen LogP contribution in [0.4, 0.5) is 0 Å². The summed E-state index contributed by atoms with van der Waals surface area (Å²) in [5, 5.41) is 36.2. The molecule has 38 heavy (non-hydrogen) atoms. The second kappa shape index (κ2) is 12.9. The summed E-state index contributed by atoms with van der Waals surface area (Å²) in [7, 11) is 0. The van der Waals surface area contributed by atoms with E-state index in [4.69, 9.17) is 5.11 Å². The Labute approximate surface area is 225 Å². The minimum atomic E-state index is -0.879. The first-order valence-corrected chi connectivity index (χ1v) is 14.1. The van der Waals surface area contributed by atoms with Gasteiger partial charge in [0.05, 0.1) is 23.8 Å². The molecule has 1 amide bonds. The Bertz CT molecular complexity index is 1070. The molecule has 7 nitrogen and oxygen atoms in total. The molecule has 0 bridgehead atoms. The van der Waals surface area contributed by atoms with Crippen LogP contribution < -0.4 is 10.6 Å². The number of amides is 1. The van der Waals surface area contributed by atoms with Crippen LogP contribution in [-0.4, -0.2) is 58.0 Å². The molecule has 0 radical (unpaired) electrons. The molecule has 7 heteroatoms. The highest BCUT2D eigenvalue weighted by molar-refractivity contribution is 5.87. The molecule has 0 aromatic heterocycles. The van der Waals surface area contributed by atoms with Gasteiger partial charge in [-0.1, -0.05) is 44.2 Å². The molecule has 1 aliphatic heterocycles. The normalized spacial score (nSPS) is 25.4. The Morgan fingerprint density at radius 3 is 2.21 bits per heavy atom. The number of hydrogen-bond donors (Lipinski definition) is 5. The Balaban J connectivity index is 0.000000317. The Morgan fingerprint density at radius 2 is 1.66 bits per heavy atom. The van der Waals surface area contributed by atoms with E-state index in [2.05, 4.69) is 36.6 Å². The fourth-order valence-corrected chi connectivity index (χ4v) is 6.54. The van der Waals surface area contributed by atoms with Gasteiger partial charge in [-0.15, -0.1) is 0 Å². The number of piperidine rings is 1. The van der Waals surface area contributed by atoms with E-state index in [0.717, 1.165) is 38.5 Å². The predicted octanol–water partition coefficient (Wildman–Crippen LogP) is 3.28. The molecule has 5 N–H and O–H groups in total. The van der Waals surface area contributed by atoms with Crippen molar-refractivity contribution in [3.05, 3.63) is 70.3 Å². The third-order valence-corrected chi connectivity index (χ3v) is 8.60. The number of carbonyl (C=O) groups is 2. The summed E-state index contributed by atoms with van der Waals surface area (Å²) in [5.74, 6) is -0.539. The summed E-state index contributed by atoms with van der Waals surface area (Å²) in [6.07, 6.45) is 6.06. The smallest absolute Gasteiger partial charge is 0.335 e. The number of aliphatic hydroxyl groups excluding tert-OH is 2. The summed E-state index contributed by atoms with van der Waals surface area (Å²) in [5.41, 5.74) is 6.19. The van der Waals surface area contributed by atoms with Gasteiger partial charge < -0.3 is 26.0 Å². The number of carboxylic acids is 1. The van der Waals surface area contributed by atoms with Crippen molar-refractivity contribution in [2.24, 2.45) is 11.8 Å². The van der Waals surface area contributed by atoms with Crippen molar-refractivity contribution in [2.45, 2.75) is 89.5 Å². The van der Waals surface area contributed by atoms with Gasteiger partial charge in [0.15, 0.2) is 0 Å². The maximum Gasteiger partial charge on any atom is 0.335 e. The van der Waals surface area contributed by atoms with Crippen LogP contribution in [0.25, 0.3) is 0 Å². The third kappa shape index (κ3) is 6.63. The Kier molecular flexibility index (Phi) is 9.58. The van der Waals surface area contributed by atoms with E-state index in [1.54, 1.807) is 30.3 Å². The number of nitrogens with one attached hydrogen (secondary N) is 2. The number of carbonyl (C=O) groups excluding carboxylic acids is 1. The highest BCUT2D eigenvalue weighted by Crippen LogP contribution is 2.38. The van der Waals surface area contributed by atoms with Crippen molar-refractivity contribution in [2.75, 3.05) is 6.54 Å². The molecule has 2 aromatic rings. The van der Waals surface area contributed by atoms with Crippen LogP contribution in [0.5, 0.6) is 0 Å². The topological polar surface area (TPSA) is 119 Å². The van der Waals surface area contributed by atoms with Crippen LogP contribution in [-0.2, 0) is 30.5 Å². The predicted molar refractivity (Wildman–Crippen MR) is 147 cm³/mol. The lowest BCUT2D eigenvalue weighted by Crippen LogP contribution is -2.58. The number of rotatable bonds is 7. The first-order valence-electron chi connectivity index (χ1n) is 14.1. The maximum absolute atomic E-state index is 11.7. The summed E-state index contributed by atoms with van der Waals surface area (Å²) in [6.45, 7) is 5.03. The zero-order chi connectivity index (χ0) is 27.2. The van der Waals surface area contributed by atoms with Gasteiger partial charge in [0.1, 0.15) is 0 Å². The van der Waals surface area contributed by atoms with Crippen molar-refractivity contribution in [3.8, 4) is 0 Å². The minimum absolute atomic E-state index is 0.0279. The van der Waals surface area contributed by atoms with Crippen LogP contribution in [0.3, 0.4) is 0 Å². The highest BCUT2D eigenvalue weighted by Gasteiger charge is 2.44. The van der Waals surface area contributed by atoms with Crippen molar-refractivity contribution in [1.82, 2.24) is 10.6 Å². The molecule has 2 aliphatic carbocycles. The van der Waals surface area contributed by atoms with Gasteiger partial charge in [0.25, 0.3) is 0 Å². The van der Waals surface area contributed by atoms with Crippen LogP contribution in [0.15, 0.2) is 42.5 Å². The van der Waals surface area contributed by atoms with Crippen molar-refractivity contribution in [3.63, 3.8) is 0 Å². The van der Waals surface area contributed by atoms with E-state index in [0.29, 0.717) is 31.0 Å². The van der Waals surface area contributed by atoms with Gasteiger partial charge >= 0.3 is 5.97 Å². The summed E-state index contributed by atoms with van der Waals surface area (Å²) in [6, 6.07) is 13.3. The van der Waals surface area contributed by atoms with Crippen LogP contribution >= 0.6 is 0 Å². The first kappa shape index (κ1) is 28.3. The van der Waals surface area contributed by atoms with E-state index in [-0.39, 0.29) is 23.8 Å². The number of hydrogen-bond acceptors (Lipinski definition) is 5. The number of carboxylic acid groups (broad SMARTS) is 1. The van der Waals surface area contributed by atoms with Gasteiger partial charge in [0.2, 0.25) is 5.91 Å². The molecule has 5 rings (SSSR count). The second-order valence-electron chi connectivity index (χ2n) is 11.0. The highest BCUT2D eigenvalue weighted by atomic mass is 16.4. The number of aryl methyl sites for hydroxylation is 2. The molecule has 2 fully saturated rings. The first-order chi connectivity index (χ1) is 18.3. The zero-order valence-corrected chi connectivity index (χ0v) is 22.5. The third-order valence-electron chi connectivity index (χ3n) is 8.60. The minimum Gasteiger partial charge on any atom is -0.478 e. The van der Waals surface area contributed by atoms with E-state index in [1.807, 2.05) is 0 Å². The average Bonchev–Trinajstić information content (AvgIpc) is 3.34. The summed E-state index contributed by atoms with van der Waals surface area (Å²) >= 11 is 0. The quantitative estimate of drug-likeness (QED) is 0.381. The monoisotopic (exact) mass is 522 g/mol. The van der Waals surface area contributed by atoms with Gasteiger partial charge in [-0.2, -0.15) is 0 Å². The van der Waals surface area contributed by atoms with Crippen molar-refractivity contribution >= 4 is 11.9 Å². The molecule has 5 atom stereocenters. The zero-order valence-electron chi connectivity index (χ0n) is 22.5. The van der Waals surface area contributed by atoms with E-state index in [9.17, 15) is 19.8 Å². The van der Waals surface area contributed by atoms with Gasteiger partial charge in [0, 0.05) is 19.0 Å². The van der Waals surface area contributed by atoms with E-state index in [1.165, 1.54) is 22.3 Å². The van der Waals surface area contributed by atoms with Crippen LogP contribution in [0.2, 0.25) is 0 Å². The molecule has 0 spiro atoms. The lowest BCUT2D eigenvalue weighted by molar-refractivity contribution is -0.130. The lowest BCUT2D eigenvalue weighted by Gasteiger charge is -2.45. The van der Waals surface area contributed by atoms with Crippen molar-refractivity contribution < 1.29 is 24.9 Å². The van der Waals surface area contributed by atoms with E-state index < -0.39 is 18.2 Å². The average molecular weight is 523 g/mol. The molecule has 1 saturated carbocycles. The molecular weight excluding hydrogens is 480 g/mol. The molecule has 2 aromatic carbocycles. The van der Waals surface area contributed by atoms with Crippen molar-refractivity contribution in [1.29, 1.82) is 0 Å². The number of aliphatic hydroxyl groups is 2. The van der Waals surface area contributed by atoms with E-state index >= 15 is 0 Å². The Hall–Kier alpha value is -2.74.